The van der Waals surface area contributed by atoms with Gasteiger partial charge in [-0.3, -0.25) is 4.79 Å². The van der Waals surface area contributed by atoms with Gasteiger partial charge >= 0.3 is 6.18 Å². The van der Waals surface area contributed by atoms with Gasteiger partial charge in [-0.25, -0.2) is 0 Å². The molecule has 0 radical (unpaired) electrons. The number of Topliss-reactive ketones (excluding diaryl/α,β-unsaturated/α-hetero) is 1. The van der Waals surface area contributed by atoms with E-state index in [4.69, 9.17) is 9.57 Å². The first-order chi connectivity index (χ1) is 12.9. The lowest BCUT2D eigenvalue weighted by Gasteiger charge is -2.07. The van der Waals surface area contributed by atoms with Crippen LogP contribution in [0, 0.1) is 0 Å². The molecule has 0 atom stereocenters. The van der Waals surface area contributed by atoms with Gasteiger partial charge in [-0.05, 0) is 35.4 Å². The molecule has 0 fully saturated rings. The Kier molecular flexibility index (Phi) is 7.40. The number of hydrogen-bond acceptors (Lipinski definition) is 4. The number of rotatable bonds is 9. The van der Waals surface area contributed by atoms with Crippen molar-refractivity contribution in [3.8, 4) is 5.75 Å². The number of oxime groups is 1. The topological polar surface area (TPSA) is 47.9 Å². The number of carbonyl (C=O) groups is 1. The second-order valence-corrected chi connectivity index (χ2v) is 5.79. The van der Waals surface area contributed by atoms with E-state index >= 15 is 0 Å². The summed E-state index contributed by atoms with van der Waals surface area (Å²) >= 11 is 0. The van der Waals surface area contributed by atoms with Crippen molar-refractivity contribution in [3.05, 3.63) is 65.2 Å². The average Bonchev–Trinajstić information content (AvgIpc) is 2.66. The molecule has 0 saturated carbocycles. The Balaban J connectivity index is 1.73. The van der Waals surface area contributed by atoms with Crippen molar-refractivity contribution < 1.29 is 27.5 Å². The minimum atomic E-state index is -4.34. The number of alkyl halides is 3. The van der Waals surface area contributed by atoms with Gasteiger partial charge < -0.3 is 9.57 Å². The van der Waals surface area contributed by atoms with Crippen LogP contribution in [0.5, 0.6) is 5.75 Å². The minimum Gasteiger partial charge on any atom is -0.486 e. The molecule has 2 rings (SSSR count). The Morgan fingerprint density at radius 1 is 1.04 bits per heavy atom. The van der Waals surface area contributed by atoms with Crippen molar-refractivity contribution in [2.24, 2.45) is 5.16 Å². The molecule has 27 heavy (non-hydrogen) atoms. The summed E-state index contributed by atoms with van der Waals surface area (Å²) in [7, 11) is 0. The maximum Gasteiger partial charge on any atom is 0.416 e. The maximum absolute atomic E-state index is 12.5. The molecule has 0 unspecified atom stereocenters. The third-order valence-electron chi connectivity index (χ3n) is 3.71. The smallest absolute Gasteiger partial charge is 0.416 e. The van der Waals surface area contributed by atoms with Crippen LogP contribution in [0.2, 0.25) is 0 Å². The molecule has 0 aromatic heterocycles. The van der Waals surface area contributed by atoms with Crippen molar-refractivity contribution in [1.82, 2.24) is 0 Å². The fourth-order valence-electron chi connectivity index (χ4n) is 2.08. The molecule has 0 aliphatic carbocycles. The first kappa shape index (κ1) is 20.5. The highest BCUT2D eigenvalue weighted by Crippen LogP contribution is 2.29. The zero-order valence-corrected chi connectivity index (χ0v) is 14.8. The minimum absolute atomic E-state index is 0.0383. The van der Waals surface area contributed by atoms with Crippen LogP contribution >= 0.6 is 0 Å². The standard InChI is InChI=1S/C20H20F3NO3/c1-2-18(25)14-26-19-9-5-15(6-10-19)11-12-24-27-13-16-3-7-17(8-4-16)20(21,22)23/h3-10,12H,2,11,13-14H2,1H3. The zero-order chi connectivity index (χ0) is 19.7. The van der Waals surface area contributed by atoms with Gasteiger partial charge in [0.15, 0.2) is 5.78 Å². The van der Waals surface area contributed by atoms with Gasteiger partial charge in [0.2, 0.25) is 0 Å². The summed E-state index contributed by atoms with van der Waals surface area (Å²) in [5, 5.41) is 3.80. The molecule has 144 valence electrons. The number of ketones is 1. The fourth-order valence-corrected chi connectivity index (χ4v) is 2.08. The Labute approximate surface area is 155 Å². The van der Waals surface area contributed by atoms with Crippen molar-refractivity contribution in [1.29, 1.82) is 0 Å². The van der Waals surface area contributed by atoms with Crippen LogP contribution in [0.4, 0.5) is 13.2 Å². The van der Waals surface area contributed by atoms with Gasteiger partial charge in [0, 0.05) is 19.1 Å². The largest absolute Gasteiger partial charge is 0.486 e. The predicted octanol–water partition coefficient (Wildman–Crippen LogP) is 4.81. The van der Waals surface area contributed by atoms with Crippen LogP contribution < -0.4 is 4.74 Å². The van der Waals surface area contributed by atoms with E-state index in [0.717, 1.165) is 17.7 Å². The predicted molar refractivity (Wildman–Crippen MR) is 95.7 cm³/mol. The number of ether oxygens (including phenoxy) is 1. The van der Waals surface area contributed by atoms with E-state index in [1.54, 1.807) is 25.3 Å². The molecular weight excluding hydrogens is 359 g/mol. The molecule has 7 heteroatoms. The Hall–Kier alpha value is -2.83. The first-order valence-corrected chi connectivity index (χ1v) is 8.42. The first-order valence-electron chi connectivity index (χ1n) is 8.42. The Morgan fingerprint density at radius 3 is 2.26 bits per heavy atom. The molecule has 0 saturated heterocycles. The molecule has 0 aliphatic rings. The van der Waals surface area contributed by atoms with Gasteiger partial charge in [-0.1, -0.05) is 36.3 Å². The summed E-state index contributed by atoms with van der Waals surface area (Å²) in [5.41, 5.74) is 0.885. The Morgan fingerprint density at radius 2 is 1.67 bits per heavy atom. The fraction of sp³-hybridized carbons (Fsp3) is 0.300. The van der Waals surface area contributed by atoms with E-state index in [1.807, 2.05) is 12.1 Å². The van der Waals surface area contributed by atoms with Crippen LogP contribution in [-0.4, -0.2) is 18.6 Å². The van der Waals surface area contributed by atoms with Gasteiger partial charge in [-0.2, -0.15) is 13.2 Å². The van der Waals surface area contributed by atoms with Crippen LogP contribution in [0.15, 0.2) is 53.7 Å². The number of benzene rings is 2. The monoisotopic (exact) mass is 379 g/mol. The van der Waals surface area contributed by atoms with Crippen molar-refractivity contribution in [3.63, 3.8) is 0 Å². The second-order valence-electron chi connectivity index (χ2n) is 5.79. The highest BCUT2D eigenvalue weighted by atomic mass is 19.4. The molecule has 0 heterocycles. The quantitative estimate of drug-likeness (QED) is 0.464. The van der Waals surface area contributed by atoms with Crippen LogP contribution in [-0.2, 0) is 28.8 Å². The lowest BCUT2D eigenvalue weighted by atomic mass is 10.1. The third kappa shape index (κ3) is 7.13. The molecule has 4 nitrogen and oxygen atoms in total. The number of halogens is 3. The van der Waals surface area contributed by atoms with Gasteiger partial charge in [0.05, 0.1) is 5.56 Å². The summed E-state index contributed by atoms with van der Waals surface area (Å²) < 4.78 is 42.8. The highest BCUT2D eigenvalue weighted by Gasteiger charge is 2.29. The lowest BCUT2D eigenvalue weighted by molar-refractivity contribution is -0.137. The summed E-state index contributed by atoms with van der Waals surface area (Å²) in [4.78, 5) is 16.3. The molecule has 0 amide bonds. The Bertz CT molecular complexity index is 754. The van der Waals surface area contributed by atoms with E-state index in [9.17, 15) is 18.0 Å². The van der Waals surface area contributed by atoms with Gasteiger partial charge in [-0.15, -0.1) is 0 Å². The molecule has 0 N–H and O–H groups in total. The molecule has 2 aromatic rings. The van der Waals surface area contributed by atoms with Crippen molar-refractivity contribution in [2.45, 2.75) is 32.5 Å². The molecule has 2 aromatic carbocycles. The van der Waals surface area contributed by atoms with Crippen molar-refractivity contribution >= 4 is 12.0 Å². The molecular formula is C20H20F3NO3. The summed E-state index contributed by atoms with van der Waals surface area (Å²) in [5.74, 6) is 0.660. The molecule has 0 aliphatic heterocycles. The van der Waals surface area contributed by atoms with E-state index < -0.39 is 11.7 Å². The number of hydrogen-bond donors (Lipinski definition) is 0. The highest BCUT2D eigenvalue weighted by molar-refractivity contribution is 5.79. The van der Waals surface area contributed by atoms with E-state index in [2.05, 4.69) is 5.16 Å². The molecule has 0 bridgehead atoms. The van der Waals surface area contributed by atoms with E-state index in [1.165, 1.54) is 12.1 Å². The van der Waals surface area contributed by atoms with Crippen LogP contribution in [0.3, 0.4) is 0 Å². The van der Waals surface area contributed by atoms with Gasteiger partial charge in [0.1, 0.15) is 19.0 Å². The summed E-state index contributed by atoms with van der Waals surface area (Å²) in [6.07, 6.45) is -1.80. The second kappa shape index (κ2) is 9.75. The van der Waals surface area contributed by atoms with Crippen molar-refractivity contribution in [2.75, 3.05) is 6.61 Å². The summed E-state index contributed by atoms with van der Waals surface area (Å²) in [6.45, 7) is 1.94. The molecule has 0 spiro atoms. The van der Waals surface area contributed by atoms with Crippen LogP contribution in [0.1, 0.15) is 30.0 Å². The summed E-state index contributed by atoms with van der Waals surface area (Å²) in [6, 6.07) is 12.0. The maximum atomic E-state index is 12.5. The zero-order valence-electron chi connectivity index (χ0n) is 14.8. The van der Waals surface area contributed by atoms with E-state index in [-0.39, 0.29) is 19.0 Å². The third-order valence-corrected chi connectivity index (χ3v) is 3.71. The lowest BCUT2D eigenvalue weighted by Crippen LogP contribution is -2.09. The SMILES string of the molecule is CCC(=O)COc1ccc(CC=NOCc2ccc(C(F)(F)F)cc2)cc1. The number of nitrogens with zero attached hydrogens (tertiary/aromatic N) is 1. The normalized spacial score (nSPS) is 11.6. The van der Waals surface area contributed by atoms with E-state index in [0.29, 0.717) is 24.2 Å². The number of carbonyl (C=O) groups excluding carboxylic acids is 1. The van der Waals surface area contributed by atoms with Gasteiger partial charge in [0.25, 0.3) is 0 Å². The average molecular weight is 379 g/mol. The van der Waals surface area contributed by atoms with Crippen LogP contribution in [0.25, 0.3) is 0 Å².